The first kappa shape index (κ1) is 18.9. The highest BCUT2D eigenvalue weighted by Gasteiger charge is 2.13. The number of pyridine rings is 1. The van der Waals surface area contributed by atoms with Crippen LogP contribution in [0.1, 0.15) is 11.5 Å². The Morgan fingerprint density at radius 3 is 2.93 bits per heavy atom. The first-order chi connectivity index (χ1) is 13.7. The number of rotatable bonds is 7. The van der Waals surface area contributed by atoms with Gasteiger partial charge in [0.05, 0.1) is 29.1 Å². The molecule has 0 aliphatic carbocycles. The zero-order valence-electron chi connectivity index (χ0n) is 14.7. The molecule has 1 amide bonds. The fraction of sp³-hybridized carbons (Fsp3) is 0.158. The molecule has 4 aromatic rings. The molecule has 9 heteroatoms. The highest BCUT2D eigenvalue weighted by molar-refractivity contribution is 7.99. The lowest BCUT2D eigenvalue weighted by Gasteiger charge is -2.05. The van der Waals surface area contributed by atoms with E-state index in [0.29, 0.717) is 29.3 Å². The standard InChI is InChI=1S/C19H16N4O2S3/c24-16(21-8-12-4-1-2-6-20-12)11-26-10-15-22-18(25)17-13(9-28-19(17)23-15)14-5-3-7-27-14/h1-7,9H,8,10-11H2,(H,21,24)(H,22,23,25). The van der Waals surface area contributed by atoms with Crippen molar-refractivity contribution >= 4 is 50.6 Å². The predicted molar refractivity (Wildman–Crippen MR) is 116 cm³/mol. The smallest absolute Gasteiger partial charge is 0.260 e. The van der Waals surface area contributed by atoms with Crippen LogP contribution in [-0.2, 0) is 17.1 Å². The number of thioether (sulfide) groups is 1. The van der Waals surface area contributed by atoms with Gasteiger partial charge in [0.15, 0.2) is 0 Å². The van der Waals surface area contributed by atoms with E-state index < -0.39 is 0 Å². The molecule has 2 N–H and O–H groups in total. The molecule has 0 aliphatic rings. The minimum Gasteiger partial charge on any atom is -0.350 e. The summed E-state index contributed by atoms with van der Waals surface area (Å²) < 4.78 is 0. The minimum absolute atomic E-state index is 0.0739. The molecule has 0 unspecified atom stereocenters. The Balaban J connectivity index is 1.36. The molecule has 0 aromatic carbocycles. The Bertz CT molecular complexity index is 1140. The van der Waals surface area contributed by atoms with Crippen LogP contribution >= 0.6 is 34.4 Å². The fourth-order valence-corrected chi connectivity index (χ4v) is 5.16. The number of hydrogen-bond donors (Lipinski definition) is 2. The molecule has 142 valence electrons. The largest absolute Gasteiger partial charge is 0.350 e. The predicted octanol–water partition coefficient (Wildman–Crippen LogP) is 3.66. The summed E-state index contributed by atoms with van der Waals surface area (Å²) in [4.78, 5) is 37.9. The van der Waals surface area contributed by atoms with Crippen molar-refractivity contribution in [3.8, 4) is 10.4 Å². The summed E-state index contributed by atoms with van der Waals surface area (Å²) >= 11 is 4.48. The van der Waals surface area contributed by atoms with E-state index in [1.807, 2.05) is 41.1 Å². The van der Waals surface area contributed by atoms with E-state index in [2.05, 4.69) is 20.3 Å². The van der Waals surface area contributed by atoms with Crippen LogP contribution in [0.4, 0.5) is 0 Å². The molecule has 0 atom stereocenters. The summed E-state index contributed by atoms with van der Waals surface area (Å²) in [7, 11) is 0. The summed E-state index contributed by atoms with van der Waals surface area (Å²) in [6.07, 6.45) is 1.70. The maximum atomic E-state index is 12.6. The van der Waals surface area contributed by atoms with Crippen LogP contribution < -0.4 is 10.9 Å². The Hall–Kier alpha value is -2.49. The Labute approximate surface area is 173 Å². The van der Waals surface area contributed by atoms with Crippen LogP contribution in [-0.4, -0.2) is 26.6 Å². The third kappa shape index (κ3) is 4.32. The summed E-state index contributed by atoms with van der Waals surface area (Å²) in [6.45, 7) is 0.405. The van der Waals surface area contributed by atoms with Gasteiger partial charge in [0.25, 0.3) is 5.56 Å². The number of carbonyl (C=O) groups is 1. The molecule has 0 aliphatic heterocycles. The normalized spacial score (nSPS) is 11.0. The molecule has 4 aromatic heterocycles. The van der Waals surface area contributed by atoms with Crippen molar-refractivity contribution in [2.75, 3.05) is 5.75 Å². The summed E-state index contributed by atoms with van der Waals surface area (Å²) in [5.74, 6) is 1.27. The molecule has 0 radical (unpaired) electrons. The lowest BCUT2D eigenvalue weighted by molar-refractivity contribution is -0.118. The van der Waals surface area contributed by atoms with Crippen molar-refractivity contribution < 1.29 is 4.79 Å². The SMILES string of the molecule is O=C(CSCc1nc2scc(-c3cccs3)c2c(=O)[nH]1)NCc1ccccn1. The molecule has 28 heavy (non-hydrogen) atoms. The molecule has 0 fully saturated rings. The van der Waals surface area contributed by atoms with Gasteiger partial charge in [0, 0.05) is 22.0 Å². The summed E-state index contributed by atoms with van der Waals surface area (Å²) in [5, 5.41) is 7.43. The molecule has 0 saturated heterocycles. The lowest BCUT2D eigenvalue weighted by Crippen LogP contribution is -2.25. The maximum absolute atomic E-state index is 12.6. The molecule has 0 bridgehead atoms. The zero-order chi connectivity index (χ0) is 19.3. The Morgan fingerprint density at radius 2 is 2.14 bits per heavy atom. The van der Waals surface area contributed by atoms with Gasteiger partial charge < -0.3 is 10.3 Å². The number of nitrogens with one attached hydrogen (secondary N) is 2. The van der Waals surface area contributed by atoms with Gasteiger partial charge in [-0.15, -0.1) is 34.4 Å². The van der Waals surface area contributed by atoms with Crippen LogP contribution in [0.5, 0.6) is 0 Å². The second kappa shape index (κ2) is 8.68. The average Bonchev–Trinajstić information content (AvgIpc) is 3.37. The second-order valence-electron chi connectivity index (χ2n) is 5.91. The lowest BCUT2D eigenvalue weighted by atomic mass is 10.2. The highest BCUT2D eigenvalue weighted by atomic mass is 32.2. The van der Waals surface area contributed by atoms with Gasteiger partial charge in [-0.25, -0.2) is 4.98 Å². The minimum atomic E-state index is -0.134. The number of H-pyrrole nitrogens is 1. The number of amides is 1. The van der Waals surface area contributed by atoms with Gasteiger partial charge in [-0.3, -0.25) is 14.6 Å². The highest BCUT2D eigenvalue weighted by Crippen LogP contribution is 2.33. The van der Waals surface area contributed by atoms with Crippen LogP contribution in [0.15, 0.2) is 52.1 Å². The van der Waals surface area contributed by atoms with E-state index in [4.69, 9.17) is 0 Å². The van der Waals surface area contributed by atoms with Crippen molar-refractivity contribution in [1.82, 2.24) is 20.3 Å². The molecular weight excluding hydrogens is 412 g/mol. The summed E-state index contributed by atoms with van der Waals surface area (Å²) in [6, 6.07) is 9.55. The molecular formula is C19H16N4O2S3. The van der Waals surface area contributed by atoms with E-state index in [0.717, 1.165) is 21.0 Å². The number of aromatic nitrogens is 3. The molecule has 4 heterocycles. The third-order valence-electron chi connectivity index (χ3n) is 3.94. The van der Waals surface area contributed by atoms with E-state index in [-0.39, 0.29) is 11.5 Å². The van der Waals surface area contributed by atoms with Crippen molar-refractivity contribution in [3.63, 3.8) is 0 Å². The van der Waals surface area contributed by atoms with Crippen LogP contribution in [0.3, 0.4) is 0 Å². The van der Waals surface area contributed by atoms with Crippen molar-refractivity contribution in [1.29, 1.82) is 0 Å². The van der Waals surface area contributed by atoms with Gasteiger partial charge in [-0.05, 0) is 23.6 Å². The Morgan fingerprint density at radius 1 is 1.21 bits per heavy atom. The molecule has 4 rings (SSSR count). The monoisotopic (exact) mass is 428 g/mol. The second-order valence-corrected chi connectivity index (χ2v) is 8.70. The zero-order valence-corrected chi connectivity index (χ0v) is 17.1. The molecule has 0 spiro atoms. The van der Waals surface area contributed by atoms with Gasteiger partial charge >= 0.3 is 0 Å². The number of fused-ring (bicyclic) bond motifs is 1. The maximum Gasteiger partial charge on any atom is 0.260 e. The van der Waals surface area contributed by atoms with Gasteiger partial charge in [-0.1, -0.05) is 12.1 Å². The van der Waals surface area contributed by atoms with Gasteiger partial charge in [0.2, 0.25) is 5.91 Å². The van der Waals surface area contributed by atoms with E-state index >= 15 is 0 Å². The number of carbonyl (C=O) groups excluding carboxylic acids is 1. The number of aromatic amines is 1. The van der Waals surface area contributed by atoms with Crippen LogP contribution in [0.2, 0.25) is 0 Å². The summed E-state index contributed by atoms with van der Waals surface area (Å²) in [5.41, 5.74) is 1.61. The molecule has 0 saturated carbocycles. The van der Waals surface area contributed by atoms with E-state index in [1.165, 1.54) is 23.1 Å². The number of hydrogen-bond acceptors (Lipinski definition) is 7. The van der Waals surface area contributed by atoms with E-state index in [9.17, 15) is 9.59 Å². The number of nitrogens with zero attached hydrogens (tertiary/aromatic N) is 2. The molecule has 6 nitrogen and oxygen atoms in total. The van der Waals surface area contributed by atoms with E-state index in [1.54, 1.807) is 17.5 Å². The van der Waals surface area contributed by atoms with Crippen molar-refractivity contribution in [3.05, 3.63) is 69.2 Å². The quantitative estimate of drug-likeness (QED) is 0.469. The van der Waals surface area contributed by atoms with Crippen LogP contribution in [0.25, 0.3) is 20.7 Å². The first-order valence-electron chi connectivity index (χ1n) is 8.49. The van der Waals surface area contributed by atoms with Gasteiger partial charge in [0.1, 0.15) is 10.7 Å². The topological polar surface area (TPSA) is 87.7 Å². The van der Waals surface area contributed by atoms with Gasteiger partial charge in [-0.2, -0.15) is 0 Å². The average molecular weight is 429 g/mol. The van der Waals surface area contributed by atoms with Crippen molar-refractivity contribution in [2.24, 2.45) is 0 Å². The fourth-order valence-electron chi connectivity index (χ4n) is 2.66. The first-order valence-corrected chi connectivity index (χ1v) is 11.4. The number of thiophene rings is 2. The Kier molecular flexibility index (Phi) is 5.84. The third-order valence-corrected chi connectivity index (χ3v) is 6.66. The van der Waals surface area contributed by atoms with Crippen LogP contribution in [0, 0.1) is 0 Å². The van der Waals surface area contributed by atoms with Crippen molar-refractivity contribution in [2.45, 2.75) is 12.3 Å².